The van der Waals surface area contributed by atoms with Crippen LogP contribution in [0.5, 0.6) is 0 Å². The second-order valence-corrected chi connectivity index (χ2v) is 7.30. The van der Waals surface area contributed by atoms with E-state index in [1.807, 2.05) is 0 Å². The average Bonchev–Trinajstić information content (AvgIpc) is 3.26. The number of benzene rings is 1. The van der Waals surface area contributed by atoms with E-state index in [0.29, 0.717) is 18.9 Å². The summed E-state index contributed by atoms with van der Waals surface area (Å²) in [5.41, 5.74) is 3.39. The molecule has 0 saturated carbocycles. The maximum atomic E-state index is 12.8. The normalized spacial score (nSPS) is 14.3. The lowest BCUT2D eigenvalue weighted by Crippen LogP contribution is -2.50. The molecule has 1 saturated heterocycles. The van der Waals surface area contributed by atoms with Gasteiger partial charge in [0.2, 0.25) is 5.91 Å². The molecule has 1 aromatic carbocycles. The van der Waals surface area contributed by atoms with Crippen LogP contribution in [-0.4, -0.2) is 56.5 Å². The van der Waals surface area contributed by atoms with Crippen LogP contribution >= 0.6 is 0 Å². The third-order valence-electron chi connectivity index (χ3n) is 5.21. The molecule has 0 bridgehead atoms. The Morgan fingerprint density at radius 2 is 1.86 bits per heavy atom. The number of rotatable bonds is 4. The van der Waals surface area contributed by atoms with Crippen LogP contribution in [-0.2, 0) is 11.3 Å². The standard InChI is InChI=1S/C21H24N6O2/c1-16-4-5-17(2)18(14-16)24-10-12-25(13-11-24)21(29)15-27-20(28)7-6-19(23-27)26-9-3-8-22-26/h3-9,14H,10-13,15H2,1-2H3. The third kappa shape index (κ3) is 4.06. The minimum Gasteiger partial charge on any atom is -0.368 e. The molecule has 8 nitrogen and oxygen atoms in total. The lowest BCUT2D eigenvalue weighted by atomic mass is 10.1. The fourth-order valence-corrected chi connectivity index (χ4v) is 3.56. The van der Waals surface area contributed by atoms with Crippen molar-refractivity contribution >= 4 is 11.6 Å². The first-order valence-corrected chi connectivity index (χ1v) is 9.69. The molecule has 0 atom stereocenters. The van der Waals surface area contributed by atoms with Crippen LogP contribution in [0.1, 0.15) is 11.1 Å². The number of anilines is 1. The van der Waals surface area contributed by atoms with Gasteiger partial charge >= 0.3 is 0 Å². The topological polar surface area (TPSA) is 76.3 Å². The fourth-order valence-electron chi connectivity index (χ4n) is 3.56. The lowest BCUT2D eigenvalue weighted by molar-refractivity contribution is -0.132. The smallest absolute Gasteiger partial charge is 0.267 e. The molecular weight excluding hydrogens is 368 g/mol. The summed E-state index contributed by atoms with van der Waals surface area (Å²) in [6.07, 6.45) is 3.38. The van der Waals surface area contributed by atoms with Crippen LogP contribution in [0, 0.1) is 13.8 Å². The van der Waals surface area contributed by atoms with E-state index >= 15 is 0 Å². The van der Waals surface area contributed by atoms with Crippen LogP contribution < -0.4 is 10.5 Å². The van der Waals surface area contributed by atoms with Gasteiger partial charge in [0.15, 0.2) is 5.82 Å². The van der Waals surface area contributed by atoms with Crippen LogP contribution in [0.2, 0.25) is 0 Å². The number of carbonyl (C=O) groups is 1. The molecule has 3 heterocycles. The Morgan fingerprint density at radius 3 is 2.59 bits per heavy atom. The first-order valence-electron chi connectivity index (χ1n) is 9.69. The van der Waals surface area contributed by atoms with E-state index in [0.717, 1.165) is 13.1 Å². The lowest BCUT2D eigenvalue weighted by Gasteiger charge is -2.37. The zero-order valence-electron chi connectivity index (χ0n) is 16.7. The summed E-state index contributed by atoms with van der Waals surface area (Å²) >= 11 is 0. The molecule has 3 aromatic rings. The summed E-state index contributed by atoms with van der Waals surface area (Å²) in [5, 5.41) is 8.39. The predicted molar refractivity (Wildman–Crippen MR) is 110 cm³/mol. The van der Waals surface area contributed by atoms with Crippen molar-refractivity contribution in [3.8, 4) is 5.82 Å². The van der Waals surface area contributed by atoms with E-state index in [1.54, 1.807) is 34.1 Å². The summed E-state index contributed by atoms with van der Waals surface area (Å²) in [4.78, 5) is 29.0. The van der Waals surface area contributed by atoms with Gasteiger partial charge in [-0.25, -0.2) is 9.36 Å². The zero-order chi connectivity index (χ0) is 20.4. The van der Waals surface area contributed by atoms with Gasteiger partial charge in [-0.15, -0.1) is 5.10 Å². The number of nitrogens with zero attached hydrogens (tertiary/aromatic N) is 6. The molecule has 1 aliphatic heterocycles. The summed E-state index contributed by atoms with van der Waals surface area (Å²) in [6.45, 7) is 6.91. The molecule has 0 N–H and O–H groups in total. The van der Waals surface area contributed by atoms with Crippen molar-refractivity contribution in [3.05, 3.63) is 70.3 Å². The largest absolute Gasteiger partial charge is 0.368 e. The molecule has 150 valence electrons. The van der Waals surface area contributed by atoms with Crippen molar-refractivity contribution in [1.29, 1.82) is 0 Å². The highest BCUT2D eigenvalue weighted by Gasteiger charge is 2.23. The van der Waals surface area contributed by atoms with Crippen LogP contribution in [0.25, 0.3) is 5.82 Å². The second-order valence-electron chi connectivity index (χ2n) is 7.30. The highest BCUT2D eigenvalue weighted by atomic mass is 16.2. The fraction of sp³-hybridized carbons (Fsp3) is 0.333. The van der Waals surface area contributed by atoms with E-state index in [9.17, 15) is 9.59 Å². The summed E-state index contributed by atoms with van der Waals surface area (Å²) in [5.74, 6) is 0.403. The molecule has 4 rings (SSSR count). The van der Waals surface area contributed by atoms with Crippen molar-refractivity contribution in [2.45, 2.75) is 20.4 Å². The number of amides is 1. The predicted octanol–water partition coefficient (Wildman–Crippen LogP) is 1.39. The highest BCUT2D eigenvalue weighted by molar-refractivity contribution is 5.76. The van der Waals surface area contributed by atoms with Gasteiger partial charge in [0.25, 0.3) is 5.56 Å². The van der Waals surface area contributed by atoms with Crippen LogP contribution in [0.3, 0.4) is 0 Å². The SMILES string of the molecule is Cc1ccc(C)c(N2CCN(C(=O)Cn3nc(-n4cccn4)ccc3=O)CC2)c1. The number of piperazine rings is 1. The van der Waals surface area contributed by atoms with E-state index in [1.165, 1.54) is 27.6 Å². The van der Waals surface area contributed by atoms with Crippen LogP contribution in [0.4, 0.5) is 5.69 Å². The third-order valence-corrected chi connectivity index (χ3v) is 5.21. The Balaban J connectivity index is 1.42. The number of aromatic nitrogens is 4. The summed E-state index contributed by atoms with van der Waals surface area (Å²) in [6, 6.07) is 11.2. The van der Waals surface area contributed by atoms with E-state index < -0.39 is 0 Å². The van der Waals surface area contributed by atoms with E-state index in [-0.39, 0.29) is 18.0 Å². The Labute approximate surface area is 169 Å². The molecule has 8 heteroatoms. The number of aryl methyl sites for hydroxylation is 2. The zero-order valence-corrected chi connectivity index (χ0v) is 16.7. The maximum Gasteiger partial charge on any atom is 0.267 e. The highest BCUT2D eigenvalue weighted by Crippen LogP contribution is 2.22. The van der Waals surface area contributed by atoms with Gasteiger partial charge in [0, 0.05) is 50.3 Å². The number of hydrogen-bond acceptors (Lipinski definition) is 5. The Morgan fingerprint density at radius 1 is 1.07 bits per heavy atom. The molecule has 1 fully saturated rings. The van der Waals surface area contributed by atoms with Gasteiger partial charge < -0.3 is 9.80 Å². The van der Waals surface area contributed by atoms with Crippen LogP contribution in [0.15, 0.2) is 53.6 Å². The van der Waals surface area contributed by atoms with Gasteiger partial charge in [-0.1, -0.05) is 12.1 Å². The average molecular weight is 392 g/mol. The molecule has 0 radical (unpaired) electrons. The molecule has 0 unspecified atom stereocenters. The maximum absolute atomic E-state index is 12.8. The molecule has 1 aliphatic rings. The van der Waals surface area contributed by atoms with Gasteiger partial charge in [0.1, 0.15) is 6.54 Å². The first-order chi connectivity index (χ1) is 14.0. The molecule has 2 aromatic heterocycles. The molecule has 29 heavy (non-hydrogen) atoms. The first kappa shape index (κ1) is 18.9. The summed E-state index contributed by atoms with van der Waals surface area (Å²) in [7, 11) is 0. The molecule has 0 aliphatic carbocycles. The molecular formula is C21H24N6O2. The van der Waals surface area contributed by atoms with E-state index in [4.69, 9.17) is 0 Å². The van der Waals surface area contributed by atoms with Gasteiger partial charge in [0.05, 0.1) is 0 Å². The summed E-state index contributed by atoms with van der Waals surface area (Å²) < 4.78 is 2.76. The van der Waals surface area contributed by atoms with Crippen molar-refractivity contribution < 1.29 is 4.79 Å². The minimum absolute atomic E-state index is 0.0720. The number of carbonyl (C=O) groups excluding carboxylic acids is 1. The molecule has 0 spiro atoms. The Hall–Kier alpha value is -3.42. The van der Waals surface area contributed by atoms with Crippen molar-refractivity contribution in [2.24, 2.45) is 0 Å². The second kappa shape index (κ2) is 7.90. The van der Waals surface area contributed by atoms with Gasteiger partial charge in [-0.2, -0.15) is 5.10 Å². The van der Waals surface area contributed by atoms with Crippen molar-refractivity contribution in [2.75, 3.05) is 31.1 Å². The van der Waals surface area contributed by atoms with Gasteiger partial charge in [-0.05, 0) is 43.2 Å². The van der Waals surface area contributed by atoms with E-state index in [2.05, 4.69) is 47.1 Å². The van der Waals surface area contributed by atoms with Gasteiger partial charge in [-0.3, -0.25) is 9.59 Å². The molecule has 1 amide bonds. The number of hydrogen-bond donors (Lipinski definition) is 0. The Bertz CT molecular complexity index is 1070. The minimum atomic E-state index is -0.303. The Kier molecular flexibility index (Phi) is 5.16. The monoisotopic (exact) mass is 392 g/mol. The quantitative estimate of drug-likeness (QED) is 0.671. The van der Waals surface area contributed by atoms with Crippen molar-refractivity contribution in [1.82, 2.24) is 24.5 Å². The van der Waals surface area contributed by atoms with Crippen molar-refractivity contribution in [3.63, 3.8) is 0 Å².